The molecule has 0 aromatic carbocycles. The predicted octanol–water partition coefficient (Wildman–Crippen LogP) is 0.538. The van der Waals surface area contributed by atoms with Gasteiger partial charge < -0.3 is 16.2 Å². The first-order valence-corrected chi connectivity index (χ1v) is 4.97. The largest absolute Gasteiger partial charge is 0.391 e. The van der Waals surface area contributed by atoms with Crippen LogP contribution in [0.1, 0.15) is 20.8 Å². The summed E-state index contributed by atoms with van der Waals surface area (Å²) < 4.78 is 0. The molecule has 0 saturated heterocycles. The first-order chi connectivity index (χ1) is 7.74. The van der Waals surface area contributed by atoms with Gasteiger partial charge in [-0.2, -0.15) is 4.98 Å². The Kier molecular flexibility index (Phi) is 3.47. The van der Waals surface area contributed by atoms with Crippen molar-refractivity contribution in [2.45, 2.75) is 32.4 Å². The molecule has 1 aromatic rings. The van der Waals surface area contributed by atoms with Crippen molar-refractivity contribution in [2.24, 2.45) is 0 Å². The van der Waals surface area contributed by atoms with Gasteiger partial charge in [0.2, 0.25) is 11.8 Å². The quantitative estimate of drug-likeness (QED) is 0.518. The third-order valence-corrected chi connectivity index (χ3v) is 2.47. The number of aliphatic hydroxyl groups is 1. The normalized spacial score (nSPS) is 13.2. The van der Waals surface area contributed by atoms with Crippen LogP contribution in [0.2, 0.25) is 0 Å². The summed E-state index contributed by atoms with van der Waals surface area (Å²) >= 11 is 0. The Morgan fingerprint density at radius 3 is 2.65 bits per heavy atom. The second-order valence-electron chi connectivity index (χ2n) is 4.24. The fraction of sp³-hybridized carbons (Fsp3) is 0.556. The molecule has 1 aromatic heterocycles. The van der Waals surface area contributed by atoms with Gasteiger partial charge in [-0.15, -0.1) is 0 Å². The minimum Gasteiger partial charge on any atom is -0.391 e. The van der Waals surface area contributed by atoms with Gasteiger partial charge in [0.15, 0.2) is 0 Å². The molecule has 0 fully saturated rings. The van der Waals surface area contributed by atoms with Crippen LogP contribution >= 0.6 is 0 Å². The van der Waals surface area contributed by atoms with Gasteiger partial charge >= 0.3 is 5.69 Å². The van der Waals surface area contributed by atoms with Crippen LogP contribution in [-0.2, 0) is 0 Å². The molecule has 17 heavy (non-hydrogen) atoms. The number of nitro groups is 1. The van der Waals surface area contributed by atoms with E-state index in [9.17, 15) is 15.2 Å². The Balaban J connectivity index is 2.96. The van der Waals surface area contributed by atoms with Gasteiger partial charge in [0.1, 0.15) is 6.20 Å². The summed E-state index contributed by atoms with van der Waals surface area (Å²) in [5.74, 6) is -0.0760. The third-order valence-electron chi connectivity index (χ3n) is 2.47. The molecule has 0 unspecified atom stereocenters. The average Bonchev–Trinajstić information content (AvgIpc) is 2.15. The van der Waals surface area contributed by atoms with Crippen molar-refractivity contribution in [1.29, 1.82) is 0 Å². The zero-order valence-corrected chi connectivity index (χ0v) is 9.84. The zero-order chi connectivity index (χ0) is 13.2. The summed E-state index contributed by atoms with van der Waals surface area (Å²) in [5, 5.41) is 22.9. The number of aromatic nitrogens is 2. The van der Waals surface area contributed by atoms with E-state index >= 15 is 0 Å². The van der Waals surface area contributed by atoms with Gasteiger partial charge in [-0.1, -0.05) is 0 Å². The Morgan fingerprint density at radius 1 is 1.65 bits per heavy atom. The monoisotopic (exact) mass is 241 g/mol. The summed E-state index contributed by atoms with van der Waals surface area (Å²) in [6.45, 7) is 5.11. The van der Waals surface area contributed by atoms with Crippen LogP contribution in [0.3, 0.4) is 0 Å². The first kappa shape index (κ1) is 13.1. The van der Waals surface area contributed by atoms with Gasteiger partial charge in [0, 0.05) is 0 Å². The number of nitrogens with two attached hydrogens (primary N) is 1. The van der Waals surface area contributed by atoms with Crippen LogP contribution in [-0.4, -0.2) is 31.6 Å². The van der Waals surface area contributed by atoms with Crippen molar-refractivity contribution < 1.29 is 10.0 Å². The Labute approximate surface area is 98.0 Å². The molecule has 0 radical (unpaired) electrons. The Morgan fingerprint density at radius 2 is 2.24 bits per heavy atom. The molecule has 1 atom stereocenters. The highest BCUT2D eigenvalue weighted by Crippen LogP contribution is 2.21. The minimum atomic E-state index is -0.664. The maximum Gasteiger partial charge on any atom is 0.329 e. The lowest BCUT2D eigenvalue weighted by Gasteiger charge is -2.29. The fourth-order valence-corrected chi connectivity index (χ4v) is 0.982. The number of aliphatic hydroxyl groups excluding tert-OH is 1. The van der Waals surface area contributed by atoms with Crippen LogP contribution in [0, 0.1) is 10.1 Å². The van der Waals surface area contributed by atoms with Crippen molar-refractivity contribution >= 4 is 17.5 Å². The molecule has 0 saturated carbocycles. The highest BCUT2D eigenvalue weighted by molar-refractivity contribution is 5.53. The van der Waals surface area contributed by atoms with E-state index in [0.29, 0.717) is 0 Å². The number of nitrogens with one attached hydrogen (secondary N) is 1. The van der Waals surface area contributed by atoms with E-state index in [1.165, 1.54) is 0 Å². The number of rotatable bonds is 4. The molecule has 0 aliphatic rings. The van der Waals surface area contributed by atoms with E-state index in [2.05, 4.69) is 15.3 Å². The van der Waals surface area contributed by atoms with Crippen molar-refractivity contribution in [3.8, 4) is 0 Å². The maximum absolute atomic E-state index is 10.5. The predicted molar refractivity (Wildman–Crippen MR) is 62.5 cm³/mol. The van der Waals surface area contributed by atoms with Crippen molar-refractivity contribution in [2.75, 3.05) is 11.1 Å². The third kappa shape index (κ3) is 3.00. The lowest BCUT2D eigenvalue weighted by molar-refractivity contribution is -0.384. The molecule has 8 heteroatoms. The molecule has 94 valence electrons. The maximum atomic E-state index is 10.5. The number of nitrogen functional groups attached to an aromatic ring is 1. The van der Waals surface area contributed by atoms with Gasteiger partial charge in [-0.05, 0) is 20.8 Å². The lowest BCUT2D eigenvalue weighted by Crippen LogP contribution is -2.42. The molecular formula is C9H15N5O3. The molecule has 1 heterocycles. The average molecular weight is 241 g/mol. The molecule has 0 amide bonds. The van der Waals surface area contributed by atoms with E-state index < -0.39 is 16.6 Å². The molecule has 8 nitrogen and oxygen atoms in total. The van der Waals surface area contributed by atoms with E-state index in [1.54, 1.807) is 20.8 Å². The molecule has 0 bridgehead atoms. The van der Waals surface area contributed by atoms with Crippen LogP contribution in [0.4, 0.5) is 17.5 Å². The molecule has 1 rings (SSSR count). The van der Waals surface area contributed by atoms with E-state index in [1.807, 2.05) is 0 Å². The molecule has 0 spiro atoms. The van der Waals surface area contributed by atoms with E-state index in [-0.39, 0.29) is 17.5 Å². The summed E-state index contributed by atoms with van der Waals surface area (Å²) in [4.78, 5) is 17.4. The van der Waals surface area contributed by atoms with E-state index in [4.69, 9.17) is 5.73 Å². The number of nitrogens with zero attached hydrogens (tertiary/aromatic N) is 3. The fourth-order valence-electron chi connectivity index (χ4n) is 0.982. The minimum absolute atomic E-state index is 0.138. The van der Waals surface area contributed by atoms with Gasteiger partial charge in [0.05, 0.1) is 16.6 Å². The Hall–Kier alpha value is -1.96. The summed E-state index contributed by atoms with van der Waals surface area (Å²) in [7, 11) is 0. The SMILES string of the molecule is C[C@H](O)C(C)(C)Nc1ncc([N+](=O)[O-])c(N)n1. The number of anilines is 2. The number of hydrogen-bond donors (Lipinski definition) is 3. The van der Waals surface area contributed by atoms with Crippen molar-refractivity contribution in [1.82, 2.24) is 9.97 Å². The van der Waals surface area contributed by atoms with Gasteiger partial charge in [-0.25, -0.2) is 4.98 Å². The molecule has 4 N–H and O–H groups in total. The topological polar surface area (TPSA) is 127 Å². The van der Waals surface area contributed by atoms with Gasteiger partial charge in [0.25, 0.3) is 0 Å². The lowest BCUT2D eigenvalue weighted by atomic mass is 9.99. The second-order valence-corrected chi connectivity index (χ2v) is 4.24. The highest BCUT2D eigenvalue weighted by atomic mass is 16.6. The first-order valence-electron chi connectivity index (χ1n) is 4.97. The standard InChI is InChI=1S/C9H15N5O3/c1-5(15)9(2,3)13-8-11-4-6(14(16)17)7(10)12-8/h4-5,15H,1-3H3,(H3,10,11,12,13)/t5-/m0/s1. The second kappa shape index (κ2) is 4.50. The van der Waals surface area contributed by atoms with Crippen molar-refractivity contribution in [3.63, 3.8) is 0 Å². The highest BCUT2D eigenvalue weighted by Gasteiger charge is 2.25. The molecule has 0 aliphatic heterocycles. The van der Waals surface area contributed by atoms with Crippen LogP contribution in [0.15, 0.2) is 6.20 Å². The van der Waals surface area contributed by atoms with Gasteiger partial charge in [-0.3, -0.25) is 10.1 Å². The van der Waals surface area contributed by atoms with E-state index in [0.717, 1.165) is 6.20 Å². The molecule has 0 aliphatic carbocycles. The number of hydrogen-bond acceptors (Lipinski definition) is 7. The molecular weight excluding hydrogens is 226 g/mol. The summed E-state index contributed by atoms with van der Waals surface area (Å²) in [6.07, 6.45) is 0.380. The smallest absolute Gasteiger partial charge is 0.329 e. The Bertz CT molecular complexity index is 433. The van der Waals surface area contributed by atoms with Crippen LogP contribution in [0.25, 0.3) is 0 Å². The zero-order valence-electron chi connectivity index (χ0n) is 9.84. The van der Waals surface area contributed by atoms with Crippen molar-refractivity contribution in [3.05, 3.63) is 16.3 Å². The van der Waals surface area contributed by atoms with Crippen LogP contribution < -0.4 is 11.1 Å². The summed E-state index contributed by atoms with van der Waals surface area (Å²) in [6, 6.07) is 0. The van der Waals surface area contributed by atoms with Crippen LogP contribution in [0.5, 0.6) is 0 Å². The summed E-state index contributed by atoms with van der Waals surface area (Å²) in [5.41, 5.74) is 4.42.